The molecule has 200 valence electrons. The number of benzene rings is 2. The lowest BCUT2D eigenvalue weighted by atomic mass is 9.79. The van der Waals surface area contributed by atoms with Gasteiger partial charge in [-0.25, -0.2) is 4.98 Å². The number of nitrogens with one attached hydrogen (secondary N) is 1. The van der Waals surface area contributed by atoms with Gasteiger partial charge in [-0.3, -0.25) is 4.79 Å². The van der Waals surface area contributed by atoms with Gasteiger partial charge in [-0.2, -0.15) is 0 Å². The van der Waals surface area contributed by atoms with Crippen molar-refractivity contribution in [2.24, 2.45) is 0 Å². The Labute approximate surface area is 231 Å². The van der Waals surface area contributed by atoms with Gasteiger partial charge in [-0.05, 0) is 61.6 Å². The topological polar surface area (TPSA) is 97.1 Å². The van der Waals surface area contributed by atoms with Crippen LogP contribution in [-0.4, -0.2) is 43.4 Å². The summed E-state index contributed by atoms with van der Waals surface area (Å²) >= 11 is 6.32. The fourth-order valence-electron chi connectivity index (χ4n) is 5.41. The molecule has 2 N–H and O–H groups in total. The van der Waals surface area contributed by atoms with E-state index in [0.717, 1.165) is 33.4 Å². The van der Waals surface area contributed by atoms with E-state index in [-0.39, 0.29) is 11.5 Å². The number of morpholine rings is 1. The molecule has 0 unspecified atom stereocenters. The molecule has 1 saturated heterocycles. The number of aromatic nitrogens is 1. The predicted octanol–water partition coefficient (Wildman–Crippen LogP) is 4.35. The lowest BCUT2D eigenvalue weighted by Gasteiger charge is -2.29. The van der Waals surface area contributed by atoms with Gasteiger partial charge in [0.15, 0.2) is 5.43 Å². The van der Waals surface area contributed by atoms with Crippen molar-refractivity contribution < 1.29 is 18.8 Å². The quantitative estimate of drug-likeness (QED) is 0.282. The second kappa shape index (κ2) is 10.3. The number of hydrogen-bond acceptors (Lipinski definition) is 8. The van der Waals surface area contributed by atoms with E-state index >= 15 is 0 Å². The Morgan fingerprint density at radius 2 is 1.92 bits per heavy atom. The van der Waals surface area contributed by atoms with Crippen LogP contribution in [0.4, 0.5) is 11.6 Å². The maximum absolute atomic E-state index is 13.5. The van der Waals surface area contributed by atoms with Gasteiger partial charge < -0.3 is 29.0 Å². The number of rotatable bonds is 5. The molecule has 2 aliphatic heterocycles. The second-order valence-electron chi connectivity index (χ2n) is 10.2. The van der Waals surface area contributed by atoms with E-state index in [1.165, 1.54) is 0 Å². The van der Waals surface area contributed by atoms with E-state index in [0.29, 0.717) is 66.2 Å². The van der Waals surface area contributed by atoms with Gasteiger partial charge in [0.25, 0.3) is 0 Å². The standard InChI is InChI=1S/C29H29BClN3O5/c1-16-12-21(28-22(13-16)27(35)17(2)29(39-28)34-8-10-37-11-9-34)18(3)32-24-6-7-25(31)33-26(24)19-4-5-23-20(14-19)15-38-30(23)36/h4-7,12-14,18,32,36H,8-11,15H2,1-3H3/t18-/m1/s1. The van der Waals surface area contributed by atoms with Crippen LogP contribution >= 0.6 is 11.6 Å². The molecule has 8 nitrogen and oxygen atoms in total. The first-order valence-electron chi connectivity index (χ1n) is 13.1. The van der Waals surface area contributed by atoms with Crippen LogP contribution in [0.5, 0.6) is 0 Å². The number of fused-ring (bicyclic) bond motifs is 2. The minimum absolute atomic E-state index is 0.0220. The van der Waals surface area contributed by atoms with Crippen molar-refractivity contribution in [1.82, 2.24) is 4.98 Å². The summed E-state index contributed by atoms with van der Waals surface area (Å²) in [6.45, 7) is 8.72. The normalized spacial score (nSPS) is 16.0. The lowest BCUT2D eigenvalue weighted by Crippen LogP contribution is -2.37. The van der Waals surface area contributed by atoms with Crippen molar-refractivity contribution >= 4 is 46.7 Å². The van der Waals surface area contributed by atoms with Gasteiger partial charge in [0.1, 0.15) is 10.7 Å². The third-order valence-electron chi connectivity index (χ3n) is 7.44. The molecule has 4 heterocycles. The molecule has 0 bridgehead atoms. The molecule has 2 aliphatic rings. The highest BCUT2D eigenvalue weighted by molar-refractivity contribution is 6.61. The molecule has 39 heavy (non-hydrogen) atoms. The van der Waals surface area contributed by atoms with Crippen molar-refractivity contribution in [3.8, 4) is 11.3 Å². The van der Waals surface area contributed by atoms with Crippen molar-refractivity contribution in [2.75, 3.05) is 36.5 Å². The zero-order valence-electron chi connectivity index (χ0n) is 22.1. The van der Waals surface area contributed by atoms with Gasteiger partial charge in [0, 0.05) is 24.2 Å². The van der Waals surface area contributed by atoms with E-state index in [2.05, 4.69) is 21.3 Å². The summed E-state index contributed by atoms with van der Waals surface area (Å²) < 4.78 is 17.4. The predicted molar refractivity (Wildman–Crippen MR) is 154 cm³/mol. The highest BCUT2D eigenvalue weighted by Crippen LogP contribution is 2.35. The maximum atomic E-state index is 13.5. The maximum Gasteiger partial charge on any atom is 0.491 e. The Morgan fingerprint density at radius 1 is 1.13 bits per heavy atom. The number of halogens is 1. The molecule has 1 fully saturated rings. The summed E-state index contributed by atoms with van der Waals surface area (Å²) in [7, 11) is -0.908. The molecule has 2 aromatic carbocycles. The average Bonchev–Trinajstić information content (AvgIpc) is 3.31. The Kier molecular flexibility index (Phi) is 6.85. The number of nitrogens with zero attached hydrogens (tertiary/aromatic N) is 2. The lowest BCUT2D eigenvalue weighted by molar-refractivity contribution is 0.120. The summed E-state index contributed by atoms with van der Waals surface area (Å²) in [6, 6.07) is 13.1. The van der Waals surface area contributed by atoms with Crippen molar-refractivity contribution in [1.29, 1.82) is 0 Å². The molecule has 0 spiro atoms. The summed E-state index contributed by atoms with van der Waals surface area (Å²) in [5.74, 6) is 0.601. The second-order valence-corrected chi connectivity index (χ2v) is 10.6. The van der Waals surface area contributed by atoms with Crippen LogP contribution in [0, 0.1) is 13.8 Å². The summed E-state index contributed by atoms with van der Waals surface area (Å²) in [5, 5.41) is 14.5. The summed E-state index contributed by atoms with van der Waals surface area (Å²) in [5.41, 5.74) is 7.01. The zero-order chi connectivity index (χ0) is 27.3. The minimum atomic E-state index is -0.908. The van der Waals surface area contributed by atoms with Crippen molar-refractivity contribution in [3.05, 3.63) is 80.1 Å². The molecule has 0 aliphatic carbocycles. The Bertz CT molecular complexity index is 1640. The Morgan fingerprint density at radius 3 is 2.72 bits per heavy atom. The van der Waals surface area contributed by atoms with Crippen LogP contribution in [0.15, 0.2) is 51.7 Å². The van der Waals surface area contributed by atoms with Crippen LogP contribution in [0.2, 0.25) is 5.15 Å². The number of hydrogen-bond donors (Lipinski definition) is 2. The van der Waals surface area contributed by atoms with E-state index in [1.54, 1.807) is 6.07 Å². The van der Waals surface area contributed by atoms with Gasteiger partial charge >= 0.3 is 7.12 Å². The smallest absolute Gasteiger partial charge is 0.440 e. The first kappa shape index (κ1) is 25.9. The molecule has 4 aromatic rings. The molecule has 6 rings (SSSR count). The first-order chi connectivity index (χ1) is 18.8. The van der Waals surface area contributed by atoms with E-state index < -0.39 is 7.12 Å². The molecule has 0 saturated carbocycles. The monoisotopic (exact) mass is 545 g/mol. The molecular weight excluding hydrogens is 517 g/mol. The molecule has 10 heteroatoms. The third kappa shape index (κ3) is 4.80. The van der Waals surface area contributed by atoms with Crippen molar-refractivity contribution in [2.45, 2.75) is 33.4 Å². The molecule has 0 radical (unpaired) electrons. The fraction of sp³-hybridized carbons (Fsp3) is 0.310. The highest BCUT2D eigenvalue weighted by atomic mass is 35.5. The van der Waals surface area contributed by atoms with Gasteiger partial charge in [-0.1, -0.05) is 29.8 Å². The Hall–Kier alpha value is -3.37. The molecule has 1 atom stereocenters. The van der Waals surface area contributed by atoms with E-state index in [9.17, 15) is 9.82 Å². The third-order valence-corrected chi connectivity index (χ3v) is 7.65. The zero-order valence-corrected chi connectivity index (χ0v) is 22.8. The van der Waals surface area contributed by atoms with E-state index in [4.69, 9.17) is 25.4 Å². The van der Waals surface area contributed by atoms with Crippen LogP contribution < -0.4 is 21.1 Å². The molecule has 2 aromatic heterocycles. The van der Waals surface area contributed by atoms with Crippen molar-refractivity contribution in [3.63, 3.8) is 0 Å². The van der Waals surface area contributed by atoms with Gasteiger partial charge in [0.2, 0.25) is 5.88 Å². The highest BCUT2D eigenvalue weighted by Gasteiger charge is 2.28. The number of anilines is 2. The van der Waals surface area contributed by atoms with Gasteiger partial charge in [0.05, 0.1) is 48.2 Å². The number of pyridine rings is 1. The molecule has 0 amide bonds. The van der Waals surface area contributed by atoms with Crippen LogP contribution in [0.3, 0.4) is 0 Å². The largest absolute Gasteiger partial charge is 0.491 e. The van der Waals surface area contributed by atoms with Crippen LogP contribution in [-0.2, 0) is 16.0 Å². The number of aryl methyl sites for hydroxylation is 1. The SMILES string of the molecule is Cc1cc([C@@H](C)Nc2ccc(Cl)nc2-c2ccc3c(c2)COB3O)c2oc(N3CCOCC3)c(C)c(=O)c2c1. The molecular formula is C29H29BClN3O5. The fourth-order valence-corrected chi connectivity index (χ4v) is 5.55. The summed E-state index contributed by atoms with van der Waals surface area (Å²) in [6.07, 6.45) is 0. The van der Waals surface area contributed by atoms with Crippen LogP contribution in [0.1, 0.15) is 35.2 Å². The average molecular weight is 546 g/mol. The number of ether oxygens (including phenoxy) is 1. The Balaban J connectivity index is 1.41. The first-order valence-corrected chi connectivity index (χ1v) is 13.4. The summed E-state index contributed by atoms with van der Waals surface area (Å²) in [4.78, 5) is 20.2. The van der Waals surface area contributed by atoms with E-state index in [1.807, 2.05) is 51.1 Å². The minimum Gasteiger partial charge on any atom is -0.440 e. The van der Waals surface area contributed by atoms with Gasteiger partial charge in [-0.15, -0.1) is 0 Å². The van der Waals surface area contributed by atoms with Crippen LogP contribution in [0.25, 0.3) is 22.2 Å².